The lowest BCUT2D eigenvalue weighted by Crippen LogP contribution is -2.04. The second-order valence-corrected chi connectivity index (χ2v) is 3.92. The van der Waals surface area contributed by atoms with Crippen LogP contribution in [0.5, 0.6) is 0 Å². The van der Waals surface area contributed by atoms with Crippen molar-refractivity contribution in [1.82, 2.24) is 0 Å². The summed E-state index contributed by atoms with van der Waals surface area (Å²) in [5.41, 5.74) is 2.43. The Balaban J connectivity index is 2.45. The van der Waals surface area contributed by atoms with Gasteiger partial charge in [0.15, 0.2) is 0 Å². The van der Waals surface area contributed by atoms with Gasteiger partial charge in [-0.2, -0.15) is 0 Å². The zero-order valence-corrected chi connectivity index (χ0v) is 7.98. The quantitative estimate of drug-likeness (QED) is 0.609. The van der Waals surface area contributed by atoms with Gasteiger partial charge in [0.2, 0.25) is 0 Å². The summed E-state index contributed by atoms with van der Waals surface area (Å²) in [5.74, 6) is 0. The van der Waals surface area contributed by atoms with Gasteiger partial charge in [0.05, 0.1) is 6.61 Å². The van der Waals surface area contributed by atoms with Gasteiger partial charge in [-0.25, -0.2) is 0 Å². The molecule has 0 bridgehead atoms. The predicted octanol–water partition coefficient (Wildman–Crippen LogP) is 2.89. The second kappa shape index (κ2) is 2.48. The summed E-state index contributed by atoms with van der Waals surface area (Å²) in [6.45, 7) is 4.99. The van der Waals surface area contributed by atoms with Gasteiger partial charge in [0, 0.05) is 5.02 Å². The summed E-state index contributed by atoms with van der Waals surface area (Å²) in [6, 6.07) is 5.94. The van der Waals surface area contributed by atoms with Crippen molar-refractivity contribution in [2.45, 2.75) is 19.4 Å². The van der Waals surface area contributed by atoms with Crippen LogP contribution in [0.4, 0.5) is 0 Å². The third-order valence-electron chi connectivity index (χ3n) is 2.34. The van der Waals surface area contributed by atoms with Crippen molar-refractivity contribution in [3.05, 3.63) is 34.3 Å². The molecule has 0 spiro atoms. The Kier molecular flexibility index (Phi) is 1.67. The Hall–Kier alpha value is -0.530. The van der Waals surface area contributed by atoms with Crippen LogP contribution in [0, 0.1) is 6.92 Å². The van der Waals surface area contributed by atoms with Gasteiger partial charge < -0.3 is 4.74 Å². The van der Waals surface area contributed by atoms with Gasteiger partial charge in [-0.05, 0) is 37.1 Å². The van der Waals surface area contributed by atoms with Crippen LogP contribution < -0.4 is 0 Å². The molecule has 64 valence electrons. The molecule has 0 saturated carbocycles. The van der Waals surface area contributed by atoms with E-state index < -0.39 is 0 Å². The lowest BCUT2D eigenvalue weighted by atomic mass is 9.97. The number of halogens is 1. The number of benzene rings is 1. The highest BCUT2D eigenvalue weighted by Crippen LogP contribution is 2.39. The summed E-state index contributed by atoms with van der Waals surface area (Å²) in [5, 5.41) is 0.792. The summed E-state index contributed by atoms with van der Waals surface area (Å²) < 4.78 is 5.36. The number of hydrogen-bond donors (Lipinski definition) is 0. The number of hydrogen-bond acceptors (Lipinski definition) is 1. The molecule has 1 aromatic carbocycles. The zero-order valence-electron chi connectivity index (χ0n) is 7.23. The largest absolute Gasteiger partial charge is 0.365 e. The van der Waals surface area contributed by atoms with E-state index >= 15 is 0 Å². The Labute approximate surface area is 77.3 Å². The minimum absolute atomic E-state index is 0.0331. The molecule has 2 heteroatoms. The minimum Gasteiger partial charge on any atom is -0.365 e. The maximum absolute atomic E-state index is 5.85. The highest BCUT2D eigenvalue weighted by Gasteiger charge is 2.41. The van der Waals surface area contributed by atoms with Crippen molar-refractivity contribution in [3.63, 3.8) is 0 Å². The summed E-state index contributed by atoms with van der Waals surface area (Å²) in [7, 11) is 0. The minimum atomic E-state index is -0.0331. The molecule has 0 aromatic heterocycles. The molecule has 1 atom stereocenters. The van der Waals surface area contributed by atoms with Crippen LogP contribution in [0.25, 0.3) is 0 Å². The molecular formula is C10H11ClO. The molecule has 0 N–H and O–H groups in total. The fourth-order valence-corrected chi connectivity index (χ4v) is 1.71. The molecule has 1 saturated heterocycles. The van der Waals surface area contributed by atoms with Gasteiger partial charge >= 0.3 is 0 Å². The van der Waals surface area contributed by atoms with Crippen molar-refractivity contribution in [3.8, 4) is 0 Å². The highest BCUT2D eigenvalue weighted by atomic mass is 35.5. The average molecular weight is 183 g/mol. The van der Waals surface area contributed by atoms with Crippen LogP contribution in [-0.4, -0.2) is 6.61 Å². The summed E-state index contributed by atoms with van der Waals surface area (Å²) >= 11 is 5.85. The SMILES string of the molecule is Cc1cc(Cl)ccc1C1(C)CO1. The maximum atomic E-state index is 5.85. The monoisotopic (exact) mass is 182 g/mol. The van der Waals surface area contributed by atoms with E-state index in [0.29, 0.717) is 0 Å². The van der Waals surface area contributed by atoms with Crippen LogP contribution in [0.2, 0.25) is 5.02 Å². The van der Waals surface area contributed by atoms with Crippen LogP contribution >= 0.6 is 11.6 Å². The third kappa shape index (κ3) is 1.23. The Bertz CT molecular complexity index is 316. The topological polar surface area (TPSA) is 12.5 Å². The predicted molar refractivity (Wildman–Crippen MR) is 49.5 cm³/mol. The molecule has 0 amide bonds. The Morgan fingerprint density at radius 2 is 2.17 bits per heavy atom. The molecular weight excluding hydrogens is 172 g/mol. The van der Waals surface area contributed by atoms with Crippen molar-refractivity contribution >= 4 is 11.6 Å². The molecule has 12 heavy (non-hydrogen) atoms. The van der Waals surface area contributed by atoms with E-state index in [9.17, 15) is 0 Å². The first kappa shape index (κ1) is 8.09. The molecule has 1 aliphatic rings. The Morgan fingerprint density at radius 1 is 1.50 bits per heavy atom. The molecule has 1 aliphatic heterocycles. The lowest BCUT2D eigenvalue weighted by Gasteiger charge is -2.09. The van der Waals surface area contributed by atoms with Crippen LogP contribution in [-0.2, 0) is 10.3 Å². The molecule has 0 radical (unpaired) electrons. The van der Waals surface area contributed by atoms with Gasteiger partial charge in [-0.15, -0.1) is 0 Å². The van der Waals surface area contributed by atoms with Crippen molar-refractivity contribution < 1.29 is 4.74 Å². The standard InChI is InChI=1S/C10H11ClO/c1-7-5-8(11)3-4-9(7)10(2)6-12-10/h3-5H,6H2,1-2H3. The first-order chi connectivity index (χ1) is 5.62. The molecule has 1 fully saturated rings. The van der Waals surface area contributed by atoms with Crippen molar-refractivity contribution in [2.24, 2.45) is 0 Å². The molecule has 1 heterocycles. The van der Waals surface area contributed by atoms with Crippen LogP contribution in [0.15, 0.2) is 18.2 Å². The van der Waals surface area contributed by atoms with Crippen LogP contribution in [0.3, 0.4) is 0 Å². The van der Waals surface area contributed by atoms with E-state index in [2.05, 4.69) is 13.8 Å². The van der Waals surface area contributed by atoms with E-state index in [0.717, 1.165) is 11.6 Å². The highest BCUT2D eigenvalue weighted by molar-refractivity contribution is 6.30. The smallest absolute Gasteiger partial charge is 0.114 e. The van der Waals surface area contributed by atoms with Gasteiger partial charge in [-0.3, -0.25) is 0 Å². The first-order valence-electron chi connectivity index (χ1n) is 4.02. The van der Waals surface area contributed by atoms with Crippen LogP contribution in [0.1, 0.15) is 18.1 Å². The normalized spacial score (nSPS) is 27.2. The van der Waals surface area contributed by atoms with E-state index in [1.165, 1.54) is 11.1 Å². The summed E-state index contributed by atoms with van der Waals surface area (Å²) in [6.07, 6.45) is 0. The fraction of sp³-hybridized carbons (Fsp3) is 0.400. The third-order valence-corrected chi connectivity index (χ3v) is 2.57. The van der Waals surface area contributed by atoms with Crippen molar-refractivity contribution in [1.29, 1.82) is 0 Å². The number of aryl methyl sites for hydroxylation is 1. The number of epoxide rings is 1. The zero-order chi connectivity index (χ0) is 8.77. The van der Waals surface area contributed by atoms with Gasteiger partial charge in [0.1, 0.15) is 5.60 Å². The van der Waals surface area contributed by atoms with E-state index in [4.69, 9.17) is 16.3 Å². The molecule has 1 nitrogen and oxygen atoms in total. The van der Waals surface area contributed by atoms with Crippen molar-refractivity contribution in [2.75, 3.05) is 6.61 Å². The average Bonchev–Trinajstić information content (AvgIpc) is 2.68. The fourth-order valence-electron chi connectivity index (χ4n) is 1.48. The van der Waals surface area contributed by atoms with Gasteiger partial charge in [-0.1, -0.05) is 17.7 Å². The first-order valence-corrected chi connectivity index (χ1v) is 4.40. The van der Waals surface area contributed by atoms with Gasteiger partial charge in [0.25, 0.3) is 0 Å². The van der Waals surface area contributed by atoms with E-state index in [1.807, 2.05) is 18.2 Å². The van der Waals surface area contributed by atoms with E-state index in [1.54, 1.807) is 0 Å². The molecule has 1 aromatic rings. The number of ether oxygens (including phenoxy) is 1. The molecule has 2 rings (SSSR count). The van der Waals surface area contributed by atoms with E-state index in [-0.39, 0.29) is 5.60 Å². The molecule has 1 unspecified atom stereocenters. The Morgan fingerprint density at radius 3 is 2.67 bits per heavy atom. The maximum Gasteiger partial charge on any atom is 0.114 e. The second-order valence-electron chi connectivity index (χ2n) is 3.48. The summed E-state index contributed by atoms with van der Waals surface area (Å²) in [4.78, 5) is 0. The lowest BCUT2D eigenvalue weighted by molar-refractivity contribution is 0.328. The molecule has 0 aliphatic carbocycles. The number of rotatable bonds is 1.